The molecule has 1 N–H and O–H groups in total. The first kappa shape index (κ1) is 26.4. The average Bonchev–Trinajstić information content (AvgIpc) is 2.83. The van der Waals surface area contributed by atoms with E-state index in [9.17, 15) is 26.4 Å². The number of amides is 1. The Bertz CT molecular complexity index is 1390. The molecular formula is C25H25F3N4O4S. The van der Waals surface area contributed by atoms with Crippen LogP contribution < -0.4 is 15.0 Å². The molecule has 0 unspecified atom stereocenters. The van der Waals surface area contributed by atoms with Crippen LogP contribution in [0.2, 0.25) is 0 Å². The predicted molar refractivity (Wildman–Crippen MR) is 134 cm³/mol. The van der Waals surface area contributed by atoms with Crippen LogP contribution in [0.4, 0.5) is 24.7 Å². The first-order valence-corrected chi connectivity index (χ1v) is 13.2. The van der Waals surface area contributed by atoms with E-state index in [-0.39, 0.29) is 11.7 Å². The molecule has 2 aromatic carbocycles. The average molecular weight is 535 g/mol. The highest BCUT2D eigenvalue weighted by atomic mass is 32.2. The van der Waals surface area contributed by atoms with E-state index in [4.69, 9.17) is 0 Å². The molecule has 0 saturated carbocycles. The number of anilines is 2. The van der Waals surface area contributed by atoms with E-state index in [2.05, 4.69) is 15.0 Å². The van der Waals surface area contributed by atoms with Crippen LogP contribution in [0.25, 0.3) is 11.1 Å². The van der Waals surface area contributed by atoms with Crippen LogP contribution in [-0.4, -0.2) is 62.4 Å². The summed E-state index contributed by atoms with van der Waals surface area (Å²) < 4.78 is 66.2. The van der Waals surface area contributed by atoms with E-state index >= 15 is 0 Å². The monoisotopic (exact) mass is 534 g/mol. The SMILES string of the molecule is Cc1cc(OC(F)(F)F)ccc1-c1cccc(NC(=O)c2ccc(N3CCN(S(C)(=O)=O)CC3)nc2)c1. The van der Waals surface area contributed by atoms with Crippen LogP contribution in [0.3, 0.4) is 0 Å². The van der Waals surface area contributed by atoms with E-state index in [1.807, 2.05) is 4.90 Å². The first-order valence-electron chi connectivity index (χ1n) is 11.3. The molecule has 1 saturated heterocycles. The van der Waals surface area contributed by atoms with Crippen LogP contribution in [0.1, 0.15) is 15.9 Å². The molecule has 1 aliphatic heterocycles. The largest absolute Gasteiger partial charge is 0.573 e. The number of pyridine rings is 1. The molecule has 0 atom stereocenters. The molecule has 0 spiro atoms. The van der Waals surface area contributed by atoms with Gasteiger partial charge >= 0.3 is 6.36 Å². The van der Waals surface area contributed by atoms with Crippen molar-refractivity contribution in [2.45, 2.75) is 13.3 Å². The quantitative estimate of drug-likeness (QED) is 0.508. The zero-order chi connectivity index (χ0) is 26.8. The summed E-state index contributed by atoms with van der Waals surface area (Å²) in [6.07, 6.45) is -2.12. The minimum Gasteiger partial charge on any atom is -0.406 e. The fraction of sp³-hybridized carbons (Fsp3) is 0.280. The molecule has 1 fully saturated rings. The zero-order valence-electron chi connectivity index (χ0n) is 20.1. The molecule has 37 heavy (non-hydrogen) atoms. The smallest absolute Gasteiger partial charge is 0.406 e. The third-order valence-electron chi connectivity index (χ3n) is 5.90. The third-order valence-corrected chi connectivity index (χ3v) is 7.21. The van der Waals surface area contributed by atoms with Gasteiger partial charge in [-0.2, -0.15) is 4.31 Å². The molecule has 8 nitrogen and oxygen atoms in total. The number of piperazine rings is 1. The molecule has 1 aromatic heterocycles. The molecule has 12 heteroatoms. The van der Waals surface area contributed by atoms with Gasteiger partial charge < -0.3 is 15.0 Å². The number of hydrogen-bond donors (Lipinski definition) is 1. The second kappa shape index (κ2) is 10.4. The van der Waals surface area contributed by atoms with Crippen molar-refractivity contribution < 1.29 is 31.1 Å². The van der Waals surface area contributed by atoms with Crippen LogP contribution in [0.5, 0.6) is 5.75 Å². The maximum atomic E-state index is 12.8. The molecule has 0 radical (unpaired) electrons. The van der Waals surface area contributed by atoms with Gasteiger partial charge in [0.25, 0.3) is 5.91 Å². The molecule has 4 rings (SSSR count). The lowest BCUT2D eigenvalue weighted by molar-refractivity contribution is -0.274. The summed E-state index contributed by atoms with van der Waals surface area (Å²) in [6, 6.07) is 14.4. The lowest BCUT2D eigenvalue weighted by Gasteiger charge is -2.33. The predicted octanol–water partition coefficient (Wildman–Crippen LogP) is 4.29. The van der Waals surface area contributed by atoms with Crippen molar-refractivity contribution in [1.29, 1.82) is 0 Å². The van der Waals surface area contributed by atoms with Crippen molar-refractivity contribution in [3.05, 3.63) is 71.9 Å². The Labute approximate surface area is 212 Å². The third kappa shape index (κ3) is 6.77. The summed E-state index contributed by atoms with van der Waals surface area (Å²) >= 11 is 0. The number of alkyl halides is 3. The highest BCUT2D eigenvalue weighted by Crippen LogP contribution is 2.31. The number of aryl methyl sites for hydroxylation is 1. The topological polar surface area (TPSA) is 91.8 Å². The Balaban J connectivity index is 1.42. The lowest BCUT2D eigenvalue weighted by atomic mass is 10.00. The molecular weight excluding hydrogens is 509 g/mol. The molecule has 1 amide bonds. The number of sulfonamides is 1. The van der Waals surface area contributed by atoms with Gasteiger partial charge in [0.15, 0.2) is 0 Å². The second-order valence-electron chi connectivity index (χ2n) is 8.61. The van der Waals surface area contributed by atoms with Crippen molar-refractivity contribution in [3.63, 3.8) is 0 Å². The summed E-state index contributed by atoms with van der Waals surface area (Å²) in [5.74, 6) is -0.0182. The fourth-order valence-corrected chi connectivity index (χ4v) is 4.91. The van der Waals surface area contributed by atoms with Gasteiger partial charge in [0, 0.05) is 38.1 Å². The van der Waals surface area contributed by atoms with Crippen molar-refractivity contribution in [3.8, 4) is 16.9 Å². The molecule has 1 aliphatic rings. The molecule has 0 bridgehead atoms. The Morgan fingerprint density at radius 3 is 2.35 bits per heavy atom. The number of benzene rings is 2. The maximum absolute atomic E-state index is 12.8. The maximum Gasteiger partial charge on any atom is 0.573 e. The number of hydrogen-bond acceptors (Lipinski definition) is 6. The molecule has 0 aliphatic carbocycles. The van der Waals surface area contributed by atoms with Gasteiger partial charge in [-0.1, -0.05) is 18.2 Å². The van der Waals surface area contributed by atoms with Gasteiger partial charge in [0.1, 0.15) is 11.6 Å². The van der Waals surface area contributed by atoms with E-state index < -0.39 is 16.4 Å². The first-order chi connectivity index (χ1) is 17.4. The van der Waals surface area contributed by atoms with Crippen molar-refractivity contribution >= 4 is 27.4 Å². The summed E-state index contributed by atoms with van der Waals surface area (Å²) in [5, 5.41) is 2.81. The number of halogens is 3. The van der Waals surface area contributed by atoms with Crippen LogP contribution in [-0.2, 0) is 10.0 Å². The van der Waals surface area contributed by atoms with E-state index in [0.29, 0.717) is 54.4 Å². The van der Waals surface area contributed by atoms with Gasteiger partial charge in [0.2, 0.25) is 10.0 Å². The van der Waals surface area contributed by atoms with Gasteiger partial charge in [-0.05, 0) is 60.0 Å². The van der Waals surface area contributed by atoms with Crippen LogP contribution in [0, 0.1) is 6.92 Å². The van der Waals surface area contributed by atoms with E-state index in [1.165, 1.54) is 35.0 Å². The van der Waals surface area contributed by atoms with Gasteiger partial charge in [0.05, 0.1) is 11.8 Å². The number of aromatic nitrogens is 1. The van der Waals surface area contributed by atoms with Crippen LogP contribution in [0.15, 0.2) is 60.8 Å². The standard InChI is InChI=1S/C25H25F3N4O4S/c1-17-14-21(36-25(26,27)28)7-8-22(17)18-4-3-5-20(15-18)30-24(33)19-6-9-23(29-16-19)31-10-12-32(13-11-31)37(2,34)35/h3-9,14-16H,10-13H2,1-2H3,(H,30,33). The van der Waals surface area contributed by atoms with Crippen LogP contribution >= 0.6 is 0 Å². The normalized spacial score (nSPS) is 14.9. The Hall–Kier alpha value is -3.64. The Morgan fingerprint density at radius 2 is 1.76 bits per heavy atom. The van der Waals surface area contributed by atoms with E-state index in [1.54, 1.807) is 43.3 Å². The minimum atomic E-state index is -4.77. The number of nitrogens with zero attached hydrogens (tertiary/aromatic N) is 3. The summed E-state index contributed by atoms with van der Waals surface area (Å²) in [7, 11) is -3.22. The minimum absolute atomic E-state index is 0.300. The second-order valence-corrected chi connectivity index (χ2v) is 10.6. The van der Waals surface area contributed by atoms with Crippen molar-refractivity contribution in [1.82, 2.24) is 9.29 Å². The highest BCUT2D eigenvalue weighted by Gasteiger charge is 2.31. The molecule has 2 heterocycles. The number of nitrogens with one attached hydrogen (secondary N) is 1. The fourth-order valence-electron chi connectivity index (χ4n) is 4.08. The zero-order valence-corrected chi connectivity index (χ0v) is 20.9. The van der Waals surface area contributed by atoms with Crippen molar-refractivity contribution in [2.24, 2.45) is 0 Å². The van der Waals surface area contributed by atoms with Crippen molar-refractivity contribution in [2.75, 3.05) is 42.7 Å². The van der Waals surface area contributed by atoms with E-state index in [0.717, 1.165) is 5.56 Å². The summed E-state index contributed by atoms with van der Waals surface area (Å²) in [4.78, 5) is 19.1. The lowest BCUT2D eigenvalue weighted by Crippen LogP contribution is -2.48. The number of carbonyl (C=O) groups is 1. The number of carbonyl (C=O) groups excluding carboxylic acids is 1. The molecule has 3 aromatic rings. The molecule has 196 valence electrons. The van der Waals surface area contributed by atoms with Gasteiger partial charge in [-0.15, -0.1) is 13.2 Å². The number of ether oxygens (including phenoxy) is 1. The summed E-state index contributed by atoms with van der Waals surface area (Å²) in [6.45, 7) is 3.42. The Morgan fingerprint density at radius 1 is 1.03 bits per heavy atom. The highest BCUT2D eigenvalue weighted by molar-refractivity contribution is 7.88. The number of rotatable bonds is 6. The summed E-state index contributed by atoms with van der Waals surface area (Å²) in [5.41, 5.74) is 2.86. The van der Waals surface area contributed by atoms with Gasteiger partial charge in [-0.3, -0.25) is 4.79 Å². The van der Waals surface area contributed by atoms with Gasteiger partial charge in [-0.25, -0.2) is 13.4 Å². The Kier molecular flexibility index (Phi) is 7.42.